The number of hydrogen-bond donors (Lipinski definition) is 2. The van der Waals surface area contributed by atoms with E-state index < -0.39 is 30.0 Å². The van der Waals surface area contributed by atoms with E-state index in [1.807, 2.05) is 32.0 Å². The Morgan fingerprint density at radius 1 is 1.03 bits per heavy atom. The number of ether oxygens (including phenoxy) is 2. The van der Waals surface area contributed by atoms with Crippen LogP contribution < -0.4 is 21.2 Å². The molecular weight excluding hydrogens is 829 g/mol. The van der Waals surface area contributed by atoms with Crippen molar-refractivity contribution in [2.75, 3.05) is 49.5 Å². The summed E-state index contributed by atoms with van der Waals surface area (Å²) < 4.78 is 46.7. The fraction of sp³-hybridized carbons (Fsp3) is 0.533. The Morgan fingerprint density at radius 3 is 2.53 bits per heavy atom. The Morgan fingerprint density at radius 2 is 1.80 bits per heavy atom. The van der Waals surface area contributed by atoms with Gasteiger partial charge in [0, 0.05) is 58.6 Å². The molecule has 0 spiro atoms. The van der Waals surface area contributed by atoms with Crippen molar-refractivity contribution < 1.29 is 32.6 Å². The lowest BCUT2D eigenvalue weighted by atomic mass is 9.85. The highest BCUT2D eigenvalue weighted by molar-refractivity contribution is 6.08. The molecule has 0 bridgehead atoms. The number of aromatic nitrogens is 7. The molecule has 4 aromatic heterocycles. The summed E-state index contributed by atoms with van der Waals surface area (Å²) in [5.74, 6) is 6.05. The smallest absolute Gasteiger partial charge is 0.329 e. The van der Waals surface area contributed by atoms with Gasteiger partial charge in [-0.2, -0.15) is 10.2 Å². The number of imide groups is 1. The average molecular weight is 882 g/mol. The van der Waals surface area contributed by atoms with E-state index in [1.54, 1.807) is 24.0 Å². The molecule has 3 aliphatic heterocycles. The molecule has 1 aliphatic carbocycles. The number of morpholine rings is 1. The van der Waals surface area contributed by atoms with Gasteiger partial charge < -0.3 is 24.6 Å². The van der Waals surface area contributed by atoms with Crippen LogP contribution in [0.1, 0.15) is 105 Å². The Kier molecular flexibility index (Phi) is 12.3. The Bertz CT molecular complexity index is 2670. The fourth-order valence-corrected chi connectivity index (χ4v) is 9.88. The third-order valence-corrected chi connectivity index (χ3v) is 13.0. The van der Waals surface area contributed by atoms with Gasteiger partial charge >= 0.3 is 5.69 Å². The number of nitrogens with zero attached hydrogens (tertiary/aromatic N) is 9. The lowest BCUT2D eigenvalue weighted by Crippen LogP contribution is -2.45. The van der Waals surface area contributed by atoms with Crippen molar-refractivity contribution in [1.29, 1.82) is 0 Å². The summed E-state index contributed by atoms with van der Waals surface area (Å²) in [6.07, 6.45) is 7.58. The monoisotopic (exact) mass is 881 g/mol. The minimum absolute atomic E-state index is 0.0180. The Labute approximate surface area is 368 Å². The predicted molar refractivity (Wildman–Crippen MR) is 232 cm³/mol. The summed E-state index contributed by atoms with van der Waals surface area (Å²) in [5, 5.41) is 13.6. The number of amides is 3. The van der Waals surface area contributed by atoms with E-state index in [9.17, 15) is 28.0 Å². The number of imidazole rings is 1. The first-order chi connectivity index (χ1) is 30.9. The number of halogens is 2. The number of likely N-dealkylation sites (tertiary alicyclic amines) is 1. The summed E-state index contributed by atoms with van der Waals surface area (Å²) in [4.78, 5) is 60.4. The average Bonchev–Trinajstić information content (AvgIpc) is 3.97. The molecule has 3 atom stereocenters. The van der Waals surface area contributed by atoms with Gasteiger partial charge in [0.1, 0.15) is 24.0 Å². The number of carbonyl (C=O) groups excluding carboxylic acids is 3. The molecule has 3 saturated heterocycles. The third-order valence-electron chi connectivity index (χ3n) is 13.0. The molecule has 7 heterocycles. The van der Waals surface area contributed by atoms with E-state index >= 15 is 0 Å². The Balaban J connectivity index is 0.751. The standard InChI is InChI=1S/C45H53F2N11O6/c1-27-23-55(24-28(2)64-27)37-17-20-56-42(50-37)33(22-48-56)43(60)49-34-26-57(52-39(34)41(46)47)31-11-9-29(10-12-31)25-54-18-15-32(16-19-54)63-21-5-7-30-6-4-8-35-40(30)53(3)45(62)58(35)36-13-14-38(59)51-44(36)61/h4,6,8,17,20,22,26-29,31-32,36,41H,9-16,18-19,21,23-25H2,1-3H3,(H,49,60)(H,51,59,61)/t27-,28+,29-,31-,36?. The molecule has 1 aromatic carbocycles. The van der Waals surface area contributed by atoms with Crippen LogP contribution in [0.5, 0.6) is 0 Å². The maximum absolute atomic E-state index is 14.3. The van der Waals surface area contributed by atoms with E-state index in [1.165, 1.54) is 26.0 Å². The number of piperidine rings is 2. The lowest BCUT2D eigenvalue weighted by Gasteiger charge is -2.36. The quantitative estimate of drug-likeness (QED) is 0.148. The van der Waals surface area contributed by atoms with E-state index in [0.717, 1.165) is 58.2 Å². The molecule has 338 valence electrons. The van der Waals surface area contributed by atoms with Gasteiger partial charge in [0.25, 0.3) is 12.3 Å². The van der Waals surface area contributed by atoms with Crippen molar-refractivity contribution in [3.8, 4) is 11.8 Å². The fourth-order valence-electron chi connectivity index (χ4n) is 9.88. The van der Waals surface area contributed by atoms with Crippen LogP contribution in [0.3, 0.4) is 0 Å². The molecule has 2 N–H and O–H groups in total. The minimum Gasteiger partial charge on any atom is -0.372 e. The van der Waals surface area contributed by atoms with E-state index in [4.69, 9.17) is 14.5 Å². The molecule has 3 amide bonds. The number of nitrogens with one attached hydrogen (secondary N) is 2. The van der Waals surface area contributed by atoms with Crippen molar-refractivity contribution >= 4 is 45.9 Å². The molecule has 64 heavy (non-hydrogen) atoms. The molecule has 0 radical (unpaired) electrons. The van der Waals surface area contributed by atoms with E-state index in [-0.39, 0.29) is 66.7 Å². The number of benzene rings is 1. The van der Waals surface area contributed by atoms with Gasteiger partial charge in [-0.15, -0.1) is 0 Å². The second-order valence-corrected chi connectivity index (χ2v) is 17.6. The van der Waals surface area contributed by atoms with Gasteiger partial charge in [-0.3, -0.25) is 33.5 Å². The summed E-state index contributed by atoms with van der Waals surface area (Å²) in [6.45, 7) is 8.31. The number of para-hydroxylation sites is 1. The molecule has 1 saturated carbocycles. The SMILES string of the molecule is C[C@@H]1CN(c2ccn3ncc(C(=O)Nc4cn([C@H]5CC[C@H](CN6CCC(OCC#Cc7cccc8c7n(C)c(=O)n8C7CCC(=O)NC7=O)CC6)CC5)nc4C(F)F)c3n2)C[C@H](C)O1. The lowest BCUT2D eigenvalue weighted by molar-refractivity contribution is -0.135. The van der Waals surface area contributed by atoms with Crippen molar-refractivity contribution in [2.24, 2.45) is 13.0 Å². The molecule has 5 aromatic rings. The zero-order valence-electron chi connectivity index (χ0n) is 36.2. The summed E-state index contributed by atoms with van der Waals surface area (Å²) in [5.41, 5.74) is 1.57. The number of anilines is 2. The van der Waals surface area contributed by atoms with Gasteiger partial charge in [-0.05, 0) is 82.9 Å². The highest BCUT2D eigenvalue weighted by Crippen LogP contribution is 2.36. The maximum atomic E-state index is 14.3. The molecule has 1 unspecified atom stereocenters. The minimum atomic E-state index is -2.87. The second kappa shape index (κ2) is 18.3. The van der Waals surface area contributed by atoms with Gasteiger partial charge in [0.05, 0.1) is 52.8 Å². The first kappa shape index (κ1) is 43.3. The third kappa shape index (κ3) is 8.91. The van der Waals surface area contributed by atoms with Crippen molar-refractivity contribution in [3.63, 3.8) is 0 Å². The first-order valence-electron chi connectivity index (χ1n) is 22.2. The normalized spacial score (nSPS) is 23.7. The Hall–Kier alpha value is -5.97. The molecule has 9 rings (SSSR count). The molecule has 4 fully saturated rings. The van der Waals surface area contributed by atoms with Gasteiger partial charge in [0.2, 0.25) is 11.8 Å². The van der Waals surface area contributed by atoms with Crippen LogP contribution in [0.2, 0.25) is 0 Å². The van der Waals surface area contributed by atoms with Gasteiger partial charge in [-0.1, -0.05) is 17.9 Å². The zero-order chi connectivity index (χ0) is 44.6. The maximum Gasteiger partial charge on any atom is 0.329 e. The number of carbonyl (C=O) groups is 3. The van der Waals surface area contributed by atoms with Crippen LogP contribution in [0.15, 0.2) is 47.7 Å². The number of aryl methyl sites for hydroxylation is 1. The molecule has 19 heteroatoms. The molecular formula is C45H53F2N11O6. The van der Waals surface area contributed by atoms with Crippen molar-refractivity contribution in [1.82, 2.24) is 43.7 Å². The summed E-state index contributed by atoms with van der Waals surface area (Å²) >= 11 is 0. The highest BCUT2D eigenvalue weighted by atomic mass is 19.3. The number of rotatable bonds is 10. The van der Waals surface area contributed by atoms with Crippen LogP contribution in [-0.4, -0.2) is 114 Å². The van der Waals surface area contributed by atoms with Crippen LogP contribution in [0.25, 0.3) is 16.7 Å². The highest BCUT2D eigenvalue weighted by Gasteiger charge is 2.33. The van der Waals surface area contributed by atoms with Gasteiger partial charge in [-0.25, -0.2) is 23.1 Å². The van der Waals surface area contributed by atoms with Crippen molar-refractivity contribution in [3.05, 3.63) is 70.2 Å². The number of hydrogen-bond acceptors (Lipinski definition) is 11. The molecule has 17 nitrogen and oxygen atoms in total. The van der Waals surface area contributed by atoms with Gasteiger partial charge in [0.15, 0.2) is 11.3 Å². The van der Waals surface area contributed by atoms with E-state index in [0.29, 0.717) is 47.1 Å². The summed E-state index contributed by atoms with van der Waals surface area (Å²) in [7, 11) is 1.66. The van der Waals surface area contributed by atoms with Crippen LogP contribution in [-0.2, 0) is 26.1 Å². The first-order valence-corrected chi connectivity index (χ1v) is 22.2. The van der Waals surface area contributed by atoms with Crippen LogP contribution >= 0.6 is 0 Å². The van der Waals surface area contributed by atoms with E-state index in [2.05, 4.69) is 42.5 Å². The van der Waals surface area contributed by atoms with Crippen molar-refractivity contribution in [2.45, 2.75) is 102 Å². The molecule has 4 aliphatic rings. The van der Waals surface area contributed by atoms with Crippen LogP contribution in [0, 0.1) is 17.8 Å². The predicted octanol–water partition coefficient (Wildman–Crippen LogP) is 4.62. The number of alkyl halides is 2. The zero-order valence-corrected chi connectivity index (χ0v) is 36.2. The number of fused-ring (bicyclic) bond motifs is 2. The van der Waals surface area contributed by atoms with Crippen LogP contribution in [0.4, 0.5) is 20.3 Å². The largest absolute Gasteiger partial charge is 0.372 e. The summed E-state index contributed by atoms with van der Waals surface area (Å²) in [6, 6.07) is 6.46. The second-order valence-electron chi connectivity index (χ2n) is 17.6. The topological polar surface area (TPSA) is 175 Å².